The number of benzene rings is 1. The molecule has 0 saturated heterocycles. The van der Waals surface area contributed by atoms with Crippen LogP contribution in [0.1, 0.15) is 669 Å². The van der Waals surface area contributed by atoms with Gasteiger partial charge in [-0.15, -0.1) is 5.46 Å². The van der Waals surface area contributed by atoms with E-state index >= 15 is 0 Å². The van der Waals surface area contributed by atoms with Crippen LogP contribution in [0.3, 0.4) is 0 Å². The van der Waals surface area contributed by atoms with Crippen LogP contribution in [-0.2, 0) is 6.42 Å². The van der Waals surface area contributed by atoms with Gasteiger partial charge in [-0.25, -0.2) is 0 Å². The van der Waals surface area contributed by atoms with E-state index in [1.807, 2.05) is 12.1 Å². The zero-order valence-corrected chi connectivity index (χ0v) is 83.7. The Bertz CT molecular complexity index is 1620. The van der Waals surface area contributed by atoms with E-state index in [-0.39, 0.29) is 0 Å². The van der Waals surface area contributed by atoms with Crippen molar-refractivity contribution in [3.63, 3.8) is 0 Å². The summed E-state index contributed by atoms with van der Waals surface area (Å²) in [7, 11) is -1.85. The summed E-state index contributed by atoms with van der Waals surface area (Å²) in [6, 6.07) is 7.01. The Morgan fingerprint density at radius 2 is 0.261 bits per heavy atom. The van der Waals surface area contributed by atoms with E-state index in [4.69, 9.17) is 0 Å². The van der Waals surface area contributed by atoms with E-state index in [0.29, 0.717) is 5.46 Å². The van der Waals surface area contributed by atoms with Crippen LogP contribution >= 0.6 is 0 Å². The molecule has 5 heteroatoms. The van der Waals surface area contributed by atoms with Crippen LogP contribution in [-0.4, -0.2) is 33.3 Å². The highest BCUT2D eigenvalue weighted by molar-refractivity contribution is 6.55. The SMILES string of the molecule is CCCCCCCCCCCCCCCCCCCCCCCCCC[NH2+]CCCCCCCCCCCCCCCCCCCCCCCCCC.CCCCCCCCCCCCCCCCCCCCCCCCCC[NH2+]CCCCCCCCCCCCCCCCCCCCCCCCCC.CCCCc1ccc(B([O-])[O-])cc1. The molecule has 1 rings (SSSR count). The number of quaternary nitrogens is 2. The molecule has 0 heterocycles. The minimum Gasteiger partial charge on any atom is -0.889 e. The average molecular weight is 1670 g/mol. The lowest BCUT2D eigenvalue weighted by Crippen LogP contribution is -2.84. The second kappa shape index (κ2) is 115. The molecule has 0 bridgehead atoms. The Morgan fingerprint density at radius 3 is 0.370 bits per heavy atom. The molecular weight excluding hydrogens is 1440 g/mol. The van der Waals surface area contributed by atoms with E-state index in [0.717, 1.165) is 19.3 Å². The van der Waals surface area contributed by atoms with Gasteiger partial charge in [0, 0.05) is 0 Å². The molecule has 0 amide bonds. The number of hydrogen-bond acceptors (Lipinski definition) is 2. The van der Waals surface area contributed by atoms with Crippen LogP contribution in [0, 0.1) is 0 Å². The Balaban J connectivity index is 0. The summed E-state index contributed by atoms with van der Waals surface area (Å²) in [6.45, 7) is 16.9. The highest BCUT2D eigenvalue weighted by Crippen LogP contribution is 2.23. The van der Waals surface area contributed by atoms with Gasteiger partial charge in [-0.1, -0.05) is 637 Å². The third-order valence-corrected chi connectivity index (χ3v) is 27.1. The third kappa shape index (κ3) is 113. The van der Waals surface area contributed by atoms with Crippen molar-refractivity contribution in [2.24, 2.45) is 0 Å². The molecule has 0 radical (unpaired) electrons. The maximum atomic E-state index is 10.5. The van der Waals surface area contributed by atoms with Crippen molar-refractivity contribution < 1.29 is 20.7 Å². The molecule has 119 heavy (non-hydrogen) atoms. The van der Waals surface area contributed by atoms with Gasteiger partial charge in [0.1, 0.15) is 0 Å². The van der Waals surface area contributed by atoms with Crippen molar-refractivity contribution >= 4 is 12.6 Å². The van der Waals surface area contributed by atoms with Crippen molar-refractivity contribution in [3.05, 3.63) is 29.8 Å². The molecule has 4 N–H and O–H groups in total. The minimum atomic E-state index is -1.85. The standard InChI is InChI=1S/2C52H107N.C10H13BO2/c2*1-3-5-7-9-11-13-15-17-19-21-23-25-27-29-31-33-35-37-39-41-43-45-47-49-51-53-52-50-48-46-44-42-40-38-36-34-32-30-28-26-24-22-20-18-16-14-12-10-8-6-4-2;1-2-3-4-9-5-7-10(8-6-9)11(12)13/h2*53H,3-52H2,1-2H3;5-8H,2-4H2,1H3/q;;-2/p+2. The number of hydrogen-bond donors (Lipinski definition) is 2. The Hall–Kier alpha value is -0.875. The van der Waals surface area contributed by atoms with Gasteiger partial charge in [-0.3, -0.25) is 0 Å². The van der Waals surface area contributed by atoms with E-state index in [2.05, 4.69) is 45.3 Å². The first-order valence-corrected chi connectivity index (χ1v) is 57.1. The van der Waals surface area contributed by atoms with Crippen molar-refractivity contribution in [1.29, 1.82) is 0 Å². The lowest BCUT2D eigenvalue weighted by atomic mass is 9.80. The number of rotatable bonds is 104. The fourth-order valence-corrected chi connectivity index (χ4v) is 18.5. The van der Waals surface area contributed by atoms with E-state index in [1.165, 1.54) is 648 Å². The van der Waals surface area contributed by atoms with Crippen LogP contribution in [0.4, 0.5) is 0 Å². The number of unbranched alkanes of at least 4 members (excludes halogenated alkanes) is 93. The molecule has 0 aromatic heterocycles. The smallest absolute Gasteiger partial charge is 0.0755 e. The topological polar surface area (TPSA) is 79.3 Å². The maximum absolute atomic E-state index is 10.5. The molecule has 0 aliphatic rings. The lowest BCUT2D eigenvalue weighted by Gasteiger charge is -2.26. The molecule has 4 nitrogen and oxygen atoms in total. The summed E-state index contributed by atoms with van der Waals surface area (Å²) in [6.07, 6.45) is 145. The molecule has 0 aliphatic carbocycles. The molecule has 1 aromatic rings. The quantitative estimate of drug-likeness (QED) is 0.0503. The van der Waals surface area contributed by atoms with Gasteiger partial charge in [0.2, 0.25) is 0 Å². The minimum absolute atomic E-state index is 0.334. The summed E-state index contributed by atoms with van der Waals surface area (Å²) in [5.74, 6) is 0. The summed E-state index contributed by atoms with van der Waals surface area (Å²) in [4.78, 5) is 0. The van der Waals surface area contributed by atoms with Crippen LogP contribution in [0.15, 0.2) is 24.3 Å². The molecule has 0 fully saturated rings. The predicted octanol–water partition coefficient (Wildman–Crippen LogP) is 36.1. The van der Waals surface area contributed by atoms with Gasteiger partial charge >= 0.3 is 0 Å². The Kier molecular flexibility index (Phi) is 116. The largest absolute Gasteiger partial charge is 0.889 e. The summed E-state index contributed by atoms with van der Waals surface area (Å²) in [5.41, 5.74) is 1.53. The monoisotopic (exact) mass is 1670 g/mol. The molecular formula is C114H229BN2O2. The Labute approximate surface area is 754 Å². The molecule has 0 unspecified atom stereocenters. The zero-order chi connectivity index (χ0) is 85.8. The maximum Gasteiger partial charge on any atom is 0.0755 e. The first-order valence-electron chi connectivity index (χ1n) is 57.1. The summed E-state index contributed by atoms with van der Waals surface area (Å²) < 4.78 is 0. The number of aryl methyl sites for hydroxylation is 1. The normalized spacial score (nSPS) is 11.5. The fraction of sp³-hybridized carbons (Fsp3) is 0.947. The average Bonchev–Trinajstić information content (AvgIpc) is 0.900. The molecule has 0 saturated carbocycles. The predicted molar refractivity (Wildman–Crippen MR) is 540 cm³/mol. The van der Waals surface area contributed by atoms with Gasteiger partial charge in [-0.05, 0) is 69.8 Å². The molecule has 710 valence electrons. The zero-order valence-electron chi connectivity index (χ0n) is 83.7. The van der Waals surface area contributed by atoms with E-state index in [1.54, 1.807) is 12.1 Å². The van der Waals surface area contributed by atoms with Gasteiger partial charge < -0.3 is 20.7 Å². The van der Waals surface area contributed by atoms with Crippen molar-refractivity contribution in [3.8, 4) is 0 Å². The van der Waals surface area contributed by atoms with Crippen molar-refractivity contribution in [2.75, 3.05) is 26.2 Å². The third-order valence-electron chi connectivity index (χ3n) is 27.1. The second-order valence-corrected chi connectivity index (χ2v) is 39.4. The van der Waals surface area contributed by atoms with Crippen LogP contribution < -0.4 is 26.1 Å². The fourth-order valence-electron chi connectivity index (χ4n) is 18.5. The van der Waals surface area contributed by atoms with Crippen LogP contribution in [0.25, 0.3) is 0 Å². The summed E-state index contributed by atoms with van der Waals surface area (Å²) in [5, 5.41) is 26.2. The lowest BCUT2D eigenvalue weighted by molar-refractivity contribution is -0.655. The Morgan fingerprint density at radius 1 is 0.151 bits per heavy atom. The van der Waals surface area contributed by atoms with Crippen molar-refractivity contribution in [2.45, 2.75) is 670 Å². The molecule has 0 atom stereocenters. The first kappa shape index (κ1) is 120. The first-order chi connectivity index (χ1) is 59.1. The molecule has 0 spiro atoms. The van der Waals surface area contributed by atoms with E-state index < -0.39 is 7.12 Å². The van der Waals surface area contributed by atoms with Gasteiger partial charge in [0.25, 0.3) is 0 Å². The molecule has 1 aromatic carbocycles. The van der Waals surface area contributed by atoms with Gasteiger partial charge in [0.15, 0.2) is 0 Å². The van der Waals surface area contributed by atoms with E-state index in [9.17, 15) is 10.0 Å². The highest BCUT2D eigenvalue weighted by atomic mass is 16.4. The highest BCUT2D eigenvalue weighted by Gasteiger charge is 2.05. The summed E-state index contributed by atoms with van der Waals surface area (Å²) >= 11 is 0. The molecule has 0 aliphatic heterocycles. The second-order valence-electron chi connectivity index (χ2n) is 39.4. The van der Waals surface area contributed by atoms with Gasteiger partial charge in [0.05, 0.1) is 26.2 Å². The van der Waals surface area contributed by atoms with Crippen LogP contribution in [0.5, 0.6) is 0 Å². The van der Waals surface area contributed by atoms with Crippen LogP contribution in [0.2, 0.25) is 0 Å². The van der Waals surface area contributed by atoms with Crippen molar-refractivity contribution in [1.82, 2.24) is 0 Å². The van der Waals surface area contributed by atoms with Gasteiger partial charge in [-0.2, -0.15) is 0 Å². The number of nitrogens with two attached hydrogens (primary N) is 2.